The molecule has 6 aliphatic rings. The van der Waals surface area contributed by atoms with Gasteiger partial charge in [0.05, 0.1) is 0 Å². The number of fused-ring (bicyclic) bond motifs is 18. The maximum absolute atomic E-state index is 2.63. The van der Waals surface area contributed by atoms with Crippen molar-refractivity contribution in [3.8, 4) is 44.5 Å². The van der Waals surface area contributed by atoms with Gasteiger partial charge in [0.1, 0.15) is 0 Å². The molecule has 0 N–H and O–H groups in total. The summed E-state index contributed by atoms with van der Waals surface area (Å²) >= 11 is 0. The number of benzene rings is 13. The highest BCUT2D eigenvalue weighted by Crippen LogP contribution is 2.60. The van der Waals surface area contributed by atoms with Gasteiger partial charge in [0.15, 0.2) is 0 Å². The first-order valence-corrected chi connectivity index (χ1v) is 30.2. The van der Waals surface area contributed by atoms with Gasteiger partial charge in [-0.25, -0.2) is 0 Å². The average Bonchev–Trinajstić information content (AvgIpc) is 1.91. The van der Waals surface area contributed by atoms with Crippen molar-refractivity contribution in [3.63, 3.8) is 0 Å². The molecule has 0 radical (unpaired) electrons. The van der Waals surface area contributed by atoms with Crippen LogP contribution < -0.4 is 9.80 Å². The second-order valence-electron chi connectivity index (χ2n) is 24.8. The third-order valence-electron chi connectivity index (χ3n) is 20.6. The fourth-order valence-electron chi connectivity index (χ4n) is 17.1. The second-order valence-corrected chi connectivity index (χ2v) is 24.8. The first-order chi connectivity index (χ1) is 41.6. The molecule has 2 spiro atoms. The topological polar surface area (TPSA) is 6.48 Å². The van der Waals surface area contributed by atoms with Crippen LogP contribution in [0.5, 0.6) is 0 Å². The van der Waals surface area contributed by atoms with Crippen LogP contribution in [-0.4, -0.2) is 0 Å². The Morgan fingerprint density at radius 2 is 0.548 bits per heavy atom. The Morgan fingerprint density at radius 1 is 0.238 bits per heavy atom. The van der Waals surface area contributed by atoms with Crippen molar-refractivity contribution in [2.24, 2.45) is 0 Å². The first kappa shape index (κ1) is 46.6. The number of rotatable bonds is 4. The van der Waals surface area contributed by atoms with Gasteiger partial charge in [0.25, 0.3) is 0 Å². The minimum absolute atomic E-state index is 0.163. The lowest BCUT2D eigenvalue weighted by Gasteiger charge is -2.34. The summed E-state index contributed by atoms with van der Waals surface area (Å²) in [7, 11) is 0. The van der Waals surface area contributed by atoms with E-state index in [1.807, 2.05) is 0 Å². The maximum atomic E-state index is 2.63. The van der Waals surface area contributed by atoms with Crippen molar-refractivity contribution in [2.75, 3.05) is 9.80 Å². The monoisotopic (exact) mass is 1070 g/mol. The van der Waals surface area contributed by atoms with Crippen LogP contribution in [-0.2, 0) is 49.4 Å². The summed E-state index contributed by atoms with van der Waals surface area (Å²) in [5, 5.41) is 5.01. The average molecular weight is 1070 g/mol. The SMILES string of the molecule is c1ccc2c(c1)CC1(C2)c2ccccc2-c2ccc(-c3c4ccc(N5c6ccccc6Cc6ccccc65)cc4c(-c4ccc5c(c4)C4(Cc6ccccc6C4)c4ccccc4-5)c4ccc(N5c6ccccc6Cc6ccccc65)cc34)cc21. The maximum Gasteiger partial charge on any atom is 0.0497 e. The lowest BCUT2D eigenvalue weighted by Crippen LogP contribution is -2.25. The van der Waals surface area contributed by atoms with Gasteiger partial charge >= 0.3 is 0 Å². The second kappa shape index (κ2) is 17.3. The van der Waals surface area contributed by atoms with Crippen molar-refractivity contribution in [3.05, 3.63) is 334 Å². The third kappa shape index (κ3) is 6.40. The summed E-state index contributed by atoms with van der Waals surface area (Å²) in [5.41, 5.74) is 34.5. The fourth-order valence-corrected chi connectivity index (χ4v) is 17.1. The van der Waals surface area contributed by atoms with Crippen molar-refractivity contribution in [1.29, 1.82) is 0 Å². The zero-order valence-electron chi connectivity index (χ0n) is 46.5. The van der Waals surface area contributed by atoms with E-state index in [2.05, 4.69) is 277 Å². The molecule has 0 fully saturated rings. The van der Waals surface area contributed by atoms with Crippen LogP contribution in [0.4, 0.5) is 34.1 Å². The molecule has 2 nitrogen and oxygen atoms in total. The van der Waals surface area contributed by atoms with Crippen LogP contribution in [0, 0.1) is 0 Å². The number of hydrogen-bond acceptors (Lipinski definition) is 2. The number of para-hydroxylation sites is 4. The van der Waals surface area contributed by atoms with E-state index in [0.29, 0.717) is 0 Å². The molecule has 0 amide bonds. The van der Waals surface area contributed by atoms with Crippen LogP contribution in [0.25, 0.3) is 66.1 Å². The van der Waals surface area contributed by atoms with Crippen LogP contribution >= 0.6 is 0 Å². The molecule has 13 aromatic rings. The molecule has 2 aliphatic heterocycles. The van der Waals surface area contributed by atoms with Gasteiger partial charge in [-0.15, -0.1) is 0 Å². The van der Waals surface area contributed by atoms with E-state index in [4.69, 9.17) is 0 Å². The zero-order valence-corrected chi connectivity index (χ0v) is 46.5. The largest absolute Gasteiger partial charge is 0.310 e. The summed E-state index contributed by atoms with van der Waals surface area (Å²) < 4.78 is 0. The molecule has 19 rings (SSSR count). The molecule has 84 heavy (non-hydrogen) atoms. The molecule has 0 bridgehead atoms. The quantitative estimate of drug-likeness (QED) is 0.162. The van der Waals surface area contributed by atoms with Gasteiger partial charge in [0, 0.05) is 57.8 Å². The van der Waals surface area contributed by atoms with Gasteiger partial charge in [-0.05, 0) is 219 Å². The number of anilines is 6. The van der Waals surface area contributed by atoms with E-state index < -0.39 is 0 Å². The Hall–Kier alpha value is -10.0. The van der Waals surface area contributed by atoms with Crippen LogP contribution in [0.1, 0.15) is 66.8 Å². The molecular weight excluding hydrogens is 1010 g/mol. The van der Waals surface area contributed by atoms with Gasteiger partial charge in [-0.3, -0.25) is 0 Å². The molecule has 394 valence electrons. The first-order valence-electron chi connectivity index (χ1n) is 30.2. The van der Waals surface area contributed by atoms with Crippen molar-refractivity contribution in [1.82, 2.24) is 0 Å². The van der Waals surface area contributed by atoms with Gasteiger partial charge in [0.2, 0.25) is 0 Å². The van der Waals surface area contributed by atoms with E-state index >= 15 is 0 Å². The molecule has 2 heterocycles. The standard InChI is InChI=1S/C82H56N2/c1-2-22-58-48-81(47-57(58)21-1)71-27-11-9-25-63(71)65-37-33-55(43-73(65)81)79-67-39-35-62(84-77-31-15-7-19-53(77)42-54-20-8-16-32-78(54)84)46-70(67)80(68-40-36-61(45-69(68)79)83-75-29-13-5-17-51(75)41-52-18-6-14-30-76(52)83)56-34-38-66-64-26-10-12-28-72(64)82(74(66)44-56)49-59-23-3-4-24-60(59)50-82/h1-40,43-46H,41-42,47-50H2. The predicted molar refractivity (Wildman–Crippen MR) is 347 cm³/mol. The summed E-state index contributed by atoms with van der Waals surface area (Å²) in [6.45, 7) is 0. The predicted octanol–water partition coefficient (Wildman–Crippen LogP) is 20.2. The molecule has 0 aromatic heterocycles. The Balaban J connectivity index is 0.922. The fraction of sp³-hybridized carbons (Fsp3) is 0.0976. The van der Waals surface area contributed by atoms with Gasteiger partial charge < -0.3 is 9.80 Å². The van der Waals surface area contributed by atoms with Gasteiger partial charge in [-0.2, -0.15) is 0 Å². The van der Waals surface area contributed by atoms with Crippen molar-refractivity contribution in [2.45, 2.75) is 49.4 Å². The van der Waals surface area contributed by atoms with Crippen LogP contribution in [0.2, 0.25) is 0 Å². The highest BCUT2D eigenvalue weighted by Gasteiger charge is 2.49. The Labute approximate surface area is 490 Å². The Kier molecular flexibility index (Phi) is 9.57. The van der Waals surface area contributed by atoms with E-state index in [1.54, 1.807) is 0 Å². The molecule has 0 atom stereocenters. The van der Waals surface area contributed by atoms with Crippen molar-refractivity contribution >= 4 is 55.7 Å². The molecule has 0 unspecified atom stereocenters. The van der Waals surface area contributed by atoms with Gasteiger partial charge in [-0.1, -0.05) is 206 Å². The van der Waals surface area contributed by atoms with Crippen molar-refractivity contribution < 1.29 is 0 Å². The van der Waals surface area contributed by atoms with E-state index in [0.717, 1.165) is 49.9 Å². The normalized spacial score (nSPS) is 15.5. The lowest BCUT2D eigenvalue weighted by atomic mass is 9.74. The van der Waals surface area contributed by atoms with Crippen LogP contribution in [0.3, 0.4) is 0 Å². The molecular formula is C82H56N2. The Bertz CT molecular complexity index is 4560. The molecule has 2 heteroatoms. The minimum atomic E-state index is -0.163. The highest BCUT2D eigenvalue weighted by atomic mass is 15.2. The molecule has 0 saturated carbocycles. The molecule has 4 aliphatic carbocycles. The lowest BCUT2D eigenvalue weighted by molar-refractivity contribution is 0.563. The van der Waals surface area contributed by atoms with Crippen LogP contribution in [0.15, 0.2) is 267 Å². The molecule has 13 aromatic carbocycles. The summed E-state index contributed by atoms with van der Waals surface area (Å²) in [6.07, 6.45) is 5.78. The minimum Gasteiger partial charge on any atom is -0.310 e. The highest BCUT2D eigenvalue weighted by molar-refractivity contribution is 6.23. The summed E-state index contributed by atoms with van der Waals surface area (Å²) in [4.78, 5) is 5.07. The van der Waals surface area contributed by atoms with E-state index in [9.17, 15) is 0 Å². The summed E-state index contributed by atoms with van der Waals surface area (Å²) in [6, 6.07) is 103. The Morgan fingerprint density at radius 3 is 0.917 bits per heavy atom. The summed E-state index contributed by atoms with van der Waals surface area (Å²) in [5.74, 6) is 0. The zero-order chi connectivity index (χ0) is 54.8. The number of nitrogens with zero attached hydrogens (tertiary/aromatic N) is 2. The van der Waals surface area contributed by atoms with E-state index in [1.165, 1.54) is 156 Å². The smallest absolute Gasteiger partial charge is 0.0497 e. The third-order valence-corrected chi connectivity index (χ3v) is 20.6. The van der Waals surface area contributed by atoms with E-state index in [-0.39, 0.29) is 10.8 Å². The molecule has 0 saturated heterocycles. The number of hydrogen-bond donors (Lipinski definition) is 0.